The Labute approximate surface area is 109 Å². The SMILES string of the molecule is CNCCN(C)CCc1cc2c(cc1C)OCO2. The molecular weight excluding hydrogens is 228 g/mol. The molecule has 0 fully saturated rings. The molecule has 0 amide bonds. The van der Waals surface area contributed by atoms with Crippen LogP contribution in [-0.4, -0.2) is 45.4 Å². The standard InChI is InChI=1S/C14H22N2O2/c1-11-8-13-14(18-10-17-13)9-12(11)4-6-16(3)7-5-15-2/h8-9,15H,4-7,10H2,1-3H3. The van der Waals surface area contributed by atoms with Crippen molar-refractivity contribution in [3.05, 3.63) is 23.3 Å². The highest BCUT2D eigenvalue weighted by atomic mass is 16.7. The summed E-state index contributed by atoms with van der Waals surface area (Å²) in [5, 5.41) is 3.16. The van der Waals surface area contributed by atoms with E-state index in [2.05, 4.69) is 36.3 Å². The lowest BCUT2D eigenvalue weighted by atomic mass is 10.0. The molecule has 0 spiro atoms. The van der Waals surface area contributed by atoms with Crippen LogP contribution in [0.2, 0.25) is 0 Å². The van der Waals surface area contributed by atoms with Crippen molar-refractivity contribution in [2.75, 3.05) is 40.5 Å². The van der Waals surface area contributed by atoms with Crippen LogP contribution in [0.4, 0.5) is 0 Å². The van der Waals surface area contributed by atoms with Crippen molar-refractivity contribution in [2.45, 2.75) is 13.3 Å². The summed E-state index contributed by atoms with van der Waals surface area (Å²) in [6, 6.07) is 4.19. The summed E-state index contributed by atoms with van der Waals surface area (Å²) in [5.41, 5.74) is 2.62. The van der Waals surface area contributed by atoms with Gasteiger partial charge in [0, 0.05) is 19.6 Å². The summed E-state index contributed by atoms with van der Waals surface area (Å²) in [5.74, 6) is 1.76. The first-order valence-corrected chi connectivity index (χ1v) is 6.43. The number of likely N-dealkylation sites (N-methyl/N-ethyl adjacent to an activating group) is 2. The van der Waals surface area contributed by atoms with Crippen LogP contribution in [0.5, 0.6) is 11.5 Å². The molecule has 1 N–H and O–H groups in total. The zero-order valence-electron chi connectivity index (χ0n) is 11.5. The summed E-state index contributed by atoms with van der Waals surface area (Å²) in [4.78, 5) is 2.33. The van der Waals surface area contributed by atoms with E-state index in [4.69, 9.17) is 9.47 Å². The Kier molecular flexibility index (Phi) is 4.44. The lowest BCUT2D eigenvalue weighted by Gasteiger charge is -2.17. The molecule has 0 saturated carbocycles. The third kappa shape index (κ3) is 3.15. The molecule has 0 aliphatic carbocycles. The summed E-state index contributed by atoms with van der Waals surface area (Å²) in [6.07, 6.45) is 1.04. The molecule has 0 atom stereocenters. The lowest BCUT2D eigenvalue weighted by Crippen LogP contribution is -2.29. The van der Waals surface area contributed by atoms with Gasteiger partial charge in [0.15, 0.2) is 11.5 Å². The van der Waals surface area contributed by atoms with Crippen LogP contribution in [-0.2, 0) is 6.42 Å². The maximum atomic E-state index is 5.42. The summed E-state index contributed by atoms with van der Waals surface area (Å²) >= 11 is 0. The van der Waals surface area contributed by atoms with Crippen molar-refractivity contribution >= 4 is 0 Å². The van der Waals surface area contributed by atoms with Crippen molar-refractivity contribution in [2.24, 2.45) is 0 Å². The number of nitrogens with zero attached hydrogens (tertiary/aromatic N) is 1. The fourth-order valence-electron chi connectivity index (χ4n) is 2.08. The monoisotopic (exact) mass is 250 g/mol. The number of hydrogen-bond acceptors (Lipinski definition) is 4. The molecule has 1 aliphatic heterocycles. The van der Waals surface area contributed by atoms with E-state index in [0.29, 0.717) is 6.79 Å². The zero-order valence-corrected chi connectivity index (χ0v) is 11.5. The summed E-state index contributed by atoms with van der Waals surface area (Å²) in [6.45, 7) is 5.63. The second kappa shape index (κ2) is 6.07. The van der Waals surface area contributed by atoms with Crippen molar-refractivity contribution < 1.29 is 9.47 Å². The third-order valence-electron chi connectivity index (χ3n) is 3.34. The Bertz CT molecular complexity index is 407. The largest absolute Gasteiger partial charge is 0.454 e. The van der Waals surface area contributed by atoms with Crippen molar-refractivity contribution in [1.29, 1.82) is 0 Å². The Hall–Kier alpha value is -1.26. The molecule has 0 saturated heterocycles. The number of fused-ring (bicyclic) bond motifs is 1. The average Bonchev–Trinajstić information content (AvgIpc) is 2.80. The maximum absolute atomic E-state index is 5.42. The van der Waals surface area contributed by atoms with Gasteiger partial charge in [-0.3, -0.25) is 0 Å². The minimum Gasteiger partial charge on any atom is -0.454 e. The minimum absolute atomic E-state index is 0.348. The van der Waals surface area contributed by atoms with Crippen LogP contribution in [0.15, 0.2) is 12.1 Å². The topological polar surface area (TPSA) is 33.7 Å². The number of nitrogens with one attached hydrogen (secondary N) is 1. The highest BCUT2D eigenvalue weighted by Crippen LogP contribution is 2.34. The third-order valence-corrected chi connectivity index (χ3v) is 3.34. The molecule has 0 bridgehead atoms. The van der Waals surface area contributed by atoms with Gasteiger partial charge in [0.2, 0.25) is 6.79 Å². The molecule has 1 aromatic carbocycles. The van der Waals surface area contributed by atoms with Gasteiger partial charge in [0.1, 0.15) is 0 Å². The minimum atomic E-state index is 0.348. The highest BCUT2D eigenvalue weighted by molar-refractivity contribution is 5.48. The number of rotatable bonds is 6. The zero-order chi connectivity index (χ0) is 13.0. The van der Waals surface area contributed by atoms with Crippen LogP contribution >= 0.6 is 0 Å². The average molecular weight is 250 g/mol. The lowest BCUT2D eigenvalue weighted by molar-refractivity contribution is 0.174. The van der Waals surface area contributed by atoms with Crippen LogP contribution in [0.25, 0.3) is 0 Å². The van der Waals surface area contributed by atoms with E-state index in [9.17, 15) is 0 Å². The van der Waals surface area contributed by atoms with Gasteiger partial charge in [0.25, 0.3) is 0 Å². The smallest absolute Gasteiger partial charge is 0.231 e. The first-order valence-electron chi connectivity index (χ1n) is 6.43. The molecule has 2 rings (SSSR count). The summed E-state index contributed by atoms with van der Waals surface area (Å²) in [7, 11) is 4.13. The van der Waals surface area contributed by atoms with Crippen molar-refractivity contribution in [3.8, 4) is 11.5 Å². The van der Waals surface area contributed by atoms with Crippen LogP contribution in [0, 0.1) is 6.92 Å². The first-order chi connectivity index (χ1) is 8.70. The van der Waals surface area contributed by atoms with Gasteiger partial charge in [-0.2, -0.15) is 0 Å². The van der Waals surface area contributed by atoms with Gasteiger partial charge in [0.05, 0.1) is 0 Å². The number of aryl methyl sites for hydroxylation is 1. The van der Waals surface area contributed by atoms with Crippen LogP contribution < -0.4 is 14.8 Å². The van der Waals surface area contributed by atoms with Crippen LogP contribution in [0.1, 0.15) is 11.1 Å². The fraction of sp³-hybridized carbons (Fsp3) is 0.571. The van der Waals surface area contributed by atoms with Crippen molar-refractivity contribution in [1.82, 2.24) is 10.2 Å². The first kappa shape index (κ1) is 13.2. The van der Waals surface area contributed by atoms with Gasteiger partial charge in [-0.15, -0.1) is 0 Å². The molecule has 1 aromatic rings. The Morgan fingerprint density at radius 1 is 1.22 bits per heavy atom. The number of benzene rings is 1. The van der Waals surface area contributed by atoms with E-state index in [1.54, 1.807) is 0 Å². The maximum Gasteiger partial charge on any atom is 0.231 e. The molecule has 1 aliphatic rings. The second-order valence-corrected chi connectivity index (χ2v) is 4.79. The van der Waals surface area contributed by atoms with Gasteiger partial charge in [-0.05, 0) is 50.7 Å². The summed E-state index contributed by atoms with van der Waals surface area (Å²) < 4.78 is 10.8. The normalized spacial score (nSPS) is 13.3. The molecule has 18 heavy (non-hydrogen) atoms. The van der Waals surface area contributed by atoms with E-state index in [0.717, 1.165) is 37.6 Å². The van der Waals surface area contributed by atoms with E-state index < -0.39 is 0 Å². The highest BCUT2D eigenvalue weighted by Gasteiger charge is 2.15. The molecular formula is C14H22N2O2. The predicted molar refractivity (Wildman–Crippen MR) is 72.4 cm³/mol. The molecule has 0 radical (unpaired) electrons. The molecule has 4 heteroatoms. The van der Waals surface area contributed by atoms with Crippen molar-refractivity contribution in [3.63, 3.8) is 0 Å². The Morgan fingerprint density at radius 2 is 1.94 bits per heavy atom. The second-order valence-electron chi connectivity index (χ2n) is 4.79. The van der Waals surface area contributed by atoms with Gasteiger partial charge in [-0.1, -0.05) is 0 Å². The van der Waals surface area contributed by atoms with E-state index >= 15 is 0 Å². The number of ether oxygens (including phenoxy) is 2. The van der Waals surface area contributed by atoms with E-state index in [1.165, 1.54) is 11.1 Å². The molecule has 100 valence electrons. The van der Waals surface area contributed by atoms with Gasteiger partial charge >= 0.3 is 0 Å². The van der Waals surface area contributed by atoms with Gasteiger partial charge in [-0.25, -0.2) is 0 Å². The molecule has 4 nitrogen and oxygen atoms in total. The van der Waals surface area contributed by atoms with E-state index in [-0.39, 0.29) is 0 Å². The molecule has 0 aromatic heterocycles. The van der Waals surface area contributed by atoms with Gasteiger partial charge < -0.3 is 19.7 Å². The van der Waals surface area contributed by atoms with E-state index in [1.807, 2.05) is 7.05 Å². The molecule has 0 unspecified atom stereocenters. The Morgan fingerprint density at radius 3 is 2.67 bits per heavy atom. The fourth-order valence-corrected chi connectivity index (χ4v) is 2.08. The van der Waals surface area contributed by atoms with Crippen LogP contribution in [0.3, 0.4) is 0 Å². The quantitative estimate of drug-likeness (QED) is 0.828. The number of hydrogen-bond donors (Lipinski definition) is 1. The Balaban J connectivity index is 1.93. The molecule has 1 heterocycles. The predicted octanol–water partition coefficient (Wildman–Crippen LogP) is 1.42.